The highest BCUT2D eigenvalue weighted by Gasteiger charge is 2.02. The van der Waals surface area contributed by atoms with E-state index in [-0.39, 0.29) is 0 Å². The maximum absolute atomic E-state index is 4.22. The molecular formula is C8H14N2S. The predicted molar refractivity (Wildman–Crippen MR) is 49.0 cm³/mol. The van der Waals surface area contributed by atoms with Crippen LogP contribution in [-0.4, -0.2) is 17.6 Å². The summed E-state index contributed by atoms with van der Waals surface area (Å²) in [5, 5.41) is 6.59. The average molecular weight is 170 g/mol. The quantitative estimate of drug-likeness (QED) is 0.743. The first-order chi connectivity index (χ1) is 5.33. The van der Waals surface area contributed by atoms with Crippen LogP contribution in [0.3, 0.4) is 0 Å². The van der Waals surface area contributed by atoms with E-state index in [2.05, 4.69) is 24.1 Å². The van der Waals surface area contributed by atoms with Crippen molar-refractivity contribution in [3.8, 4) is 0 Å². The highest BCUT2D eigenvalue weighted by molar-refractivity contribution is 7.09. The van der Waals surface area contributed by atoms with Gasteiger partial charge < -0.3 is 5.32 Å². The van der Waals surface area contributed by atoms with Crippen molar-refractivity contribution < 1.29 is 0 Å². The minimum absolute atomic E-state index is 0.547. The molecule has 0 radical (unpaired) electrons. The van der Waals surface area contributed by atoms with E-state index in [0.717, 1.165) is 13.0 Å². The maximum atomic E-state index is 4.22. The third kappa shape index (κ3) is 2.99. The van der Waals surface area contributed by atoms with Gasteiger partial charge >= 0.3 is 0 Å². The molecule has 62 valence electrons. The lowest BCUT2D eigenvalue weighted by molar-refractivity contribution is 0.564. The number of nitrogens with zero attached hydrogens (tertiary/aromatic N) is 1. The van der Waals surface area contributed by atoms with Crippen molar-refractivity contribution in [2.45, 2.75) is 26.3 Å². The molecule has 11 heavy (non-hydrogen) atoms. The fraction of sp³-hybridized carbons (Fsp3) is 0.625. The molecule has 1 heterocycles. The Labute approximate surface area is 71.7 Å². The van der Waals surface area contributed by atoms with Crippen LogP contribution < -0.4 is 5.32 Å². The monoisotopic (exact) mass is 170 g/mol. The summed E-state index contributed by atoms with van der Waals surface area (Å²) in [4.78, 5) is 4.22. The Morgan fingerprint density at radius 2 is 2.55 bits per heavy atom. The number of rotatable bonds is 4. The smallest absolute Gasteiger partial charge is 0.0940 e. The third-order valence-electron chi connectivity index (χ3n) is 1.52. The van der Waals surface area contributed by atoms with Gasteiger partial charge in [-0.15, -0.1) is 11.3 Å². The molecule has 0 aromatic carbocycles. The van der Waals surface area contributed by atoms with E-state index >= 15 is 0 Å². The Morgan fingerprint density at radius 1 is 1.73 bits per heavy atom. The second-order valence-corrected chi connectivity index (χ2v) is 3.57. The van der Waals surface area contributed by atoms with Gasteiger partial charge in [0, 0.05) is 24.0 Å². The van der Waals surface area contributed by atoms with E-state index < -0.39 is 0 Å². The summed E-state index contributed by atoms with van der Waals surface area (Å²) in [5.74, 6) is 0. The van der Waals surface area contributed by atoms with Crippen molar-refractivity contribution in [1.29, 1.82) is 0 Å². The Bertz CT molecular complexity index is 184. The van der Waals surface area contributed by atoms with E-state index in [4.69, 9.17) is 0 Å². The molecular weight excluding hydrogens is 156 g/mol. The lowest BCUT2D eigenvalue weighted by Gasteiger charge is -2.08. The van der Waals surface area contributed by atoms with E-state index in [0.29, 0.717) is 6.04 Å². The first-order valence-electron chi connectivity index (χ1n) is 3.94. The molecule has 1 N–H and O–H groups in total. The number of thiazole rings is 1. The molecule has 0 aliphatic carbocycles. The van der Waals surface area contributed by atoms with Crippen LogP contribution in [0, 0.1) is 0 Å². The van der Waals surface area contributed by atoms with Crippen LogP contribution in [0.4, 0.5) is 0 Å². The summed E-state index contributed by atoms with van der Waals surface area (Å²) in [5.41, 5.74) is 0. The van der Waals surface area contributed by atoms with Gasteiger partial charge in [-0.1, -0.05) is 6.92 Å². The number of hydrogen-bond donors (Lipinski definition) is 1. The Balaban J connectivity index is 2.31. The minimum atomic E-state index is 0.547. The van der Waals surface area contributed by atoms with Crippen molar-refractivity contribution in [3.63, 3.8) is 0 Å². The van der Waals surface area contributed by atoms with E-state index in [1.807, 2.05) is 11.6 Å². The lowest BCUT2D eigenvalue weighted by Crippen LogP contribution is -2.27. The zero-order valence-electron chi connectivity index (χ0n) is 7.00. The summed E-state index contributed by atoms with van der Waals surface area (Å²) in [7, 11) is 0. The molecule has 1 atom stereocenters. The van der Waals surface area contributed by atoms with Crippen LogP contribution >= 0.6 is 11.3 Å². The summed E-state index contributed by atoms with van der Waals surface area (Å²) >= 11 is 1.73. The molecule has 0 spiro atoms. The Kier molecular flexibility index (Phi) is 3.52. The Morgan fingerprint density at radius 3 is 3.09 bits per heavy atom. The molecule has 0 saturated heterocycles. The molecule has 0 saturated carbocycles. The summed E-state index contributed by atoms with van der Waals surface area (Å²) < 4.78 is 0. The molecule has 1 aromatic rings. The number of likely N-dealkylation sites (N-methyl/N-ethyl adjacent to an activating group) is 1. The van der Waals surface area contributed by atoms with Gasteiger partial charge in [-0.3, -0.25) is 0 Å². The van der Waals surface area contributed by atoms with Crippen LogP contribution in [0.2, 0.25) is 0 Å². The van der Waals surface area contributed by atoms with Gasteiger partial charge in [-0.2, -0.15) is 0 Å². The second-order valence-electron chi connectivity index (χ2n) is 2.59. The topological polar surface area (TPSA) is 24.9 Å². The first-order valence-corrected chi connectivity index (χ1v) is 4.82. The highest BCUT2D eigenvalue weighted by Crippen LogP contribution is 2.06. The van der Waals surface area contributed by atoms with Gasteiger partial charge in [0.05, 0.1) is 5.01 Å². The number of nitrogens with one attached hydrogen (secondary N) is 1. The first kappa shape index (κ1) is 8.68. The second kappa shape index (κ2) is 4.46. The van der Waals surface area contributed by atoms with Crippen molar-refractivity contribution in [1.82, 2.24) is 10.3 Å². The SMILES string of the molecule is CCNC(C)Cc1nccs1. The van der Waals surface area contributed by atoms with Gasteiger partial charge in [0.25, 0.3) is 0 Å². The fourth-order valence-electron chi connectivity index (χ4n) is 1.04. The molecule has 0 amide bonds. The third-order valence-corrected chi connectivity index (χ3v) is 2.32. The van der Waals surface area contributed by atoms with Crippen molar-refractivity contribution in [2.24, 2.45) is 0 Å². The zero-order valence-corrected chi connectivity index (χ0v) is 7.82. The standard InChI is InChI=1S/C8H14N2S/c1-3-9-7(2)6-8-10-4-5-11-8/h4-5,7,9H,3,6H2,1-2H3. The zero-order chi connectivity index (χ0) is 8.10. The van der Waals surface area contributed by atoms with Gasteiger partial charge in [-0.25, -0.2) is 4.98 Å². The van der Waals surface area contributed by atoms with E-state index in [1.165, 1.54) is 5.01 Å². The number of hydrogen-bond acceptors (Lipinski definition) is 3. The van der Waals surface area contributed by atoms with Crippen LogP contribution in [0.25, 0.3) is 0 Å². The molecule has 0 aliphatic heterocycles. The summed E-state index contributed by atoms with van der Waals surface area (Å²) in [6.07, 6.45) is 2.91. The van der Waals surface area contributed by atoms with Crippen LogP contribution in [-0.2, 0) is 6.42 Å². The minimum Gasteiger partial charge on any atom is -0.314 e. The van der Waals surface area contributed by atoms with Crippen molar-refractivity contribution >= 4 is 11.3 Å². The molecule has 1 unspecified atom stereocenters. The normalized spacial score (nSPS) is 13.3. The molecule has 2 nitrogen and oxygen atoms in total. The maximum Gasteiger partial charge on any atom is 0.0940 e. The predicted octanol–water partition coefficient (Wildman–Crippen LogP) is 1.68. The van der Waals surface area contributed by atoms with Crippen molar-refractivity contribution in [3.05, 3.63) is 16.6 Å². The lowest BCUT2D eigenvalue weighted by atomic mass is 10.2. The number of aromatic nitrogens is 1. The van der Waals surface area contributed by atoms with Gasteiger partial charge in [0.1, 0.15) is 0 Å². The molecule has 0 aliphatic rings. The molecule has 0 bridgehead atoms. The Hall–Kier alpha value is -0.410. The van der Waals surface area contributed by atoms with Crippen molar-refractivity contribution in [2.75, 3.05) is 6.54 Å². The molecule has 1 rings (SSSR count). The highest BCUT2D eigenvalue weighted by atomic mass is 32.1. The summed E-state index contributed by atoms with van der Waals surface area (Å²) in [6, 6.07) is 0.547. The van der Waals surface area contributed by atoms with Gasteiger partial charge in [0.2, 0.25) is 0 Å². The van der Waals surface area contributed by atoms with Gasteiger partial charge in [0.15, 0.2) is 0 Å². The fourth-order valence-corrected chi connectivity index (χ4v) is 1.78. The van der Waals surface area contributed by atoms with E-state index in [9.17, 15) is 0 Å². The largest absolute Gasteiger partial charge is 0.314 e. The molecule has 3 heteroatoms. The van der Waals surface area contributed by atoms with Gasteiger partial charge in [-0.05, 0) is 13.5 Å². The van der Waals surface area contributed by atoms with Crippen LogP contribution in [0.1, 0.15) is 18.9 Å². The molecule has 1 aromatic heterocycles. The van der Waals surface area contributed by atoms with E-state index in [1.54, 1.807) is 11.3 Å². The van der Waals surface area contributed by atoms with Crippen LogP contribution in [0.5, 0.6) is 0 Å². The summed E-state index contributed by atoms with van der Waals surface area (Å²) in [6.45, 7) is 5.34. The molecule has 0 fully saturated rings. The van der Waals surface area contributed by atoms with Crippen LogP contribution in [0.15, 0.2) is 11.6 Å². The average Bonchev–Trinajstić information content (AvgIpc) is 2.40.